The summed E-state index contributed by atoms with van der Waals surface area (Å²) in [6, 6.07) is 5.60. The summed E-state index contributed by atoms with van der Waals surface area (Å²) in [5, 5.41) is 4.01. The first-order chi connectivity index (χ1) is 9.06. The molecule has 3 nitrogen and oxygen atoms in total. The first-order valence-corrected chi connectivity index (χ1v) is 7.32. The van der Waals surface area contributed by atoms with Crippen LogP contribution in [0.4, 0.5) is 11.5 Å². The molecule has 0 fully saturated rings. The van der Waals surface area contributed by atoms with Gasteiger partial charge in [-0.2, -0.15) is 4.98 Å². The van der Waals surface area contributed by atoms with Crippen molar-refractivity contribution in [3.05, 3.63) is 44.7 Å². The third kappa shape index (κ3) is 4.64. The van der Waals surface area contributed by atoms with Crippen LogP contribution in [0.3, 0.4) is 0 Å². The van der Waals surface area contributed by atoms with E-state index in [-0.39, 0.29) is 5.28 Å². The maximum absolute atomic E-state index is 5.94. The molecule has 1 heterocycles. The molecule has 0 aliphatic rings. The van der Waals surface area contributed by atoms with E-state index in [9.17, 15) is 0 Å². The number of rotatable bonds is 2. The number of hydrogen-bond acceptors (Lipinski definition) is 3. The fraction of sp³-hybridized carbons (Fsp3) is 0.231. The second-order valence-electron chi connectivity index (χ2n) is 3.42. The molecule has 2 aromatic rings. The Morgan fingerprint density at radius 1 is 1.21 bits per heavy atom. The van der Waals surface area contributed by atoms with Gasteiger partial charge in [0.05, 0.1) is 4.47 Å². The molecule has 1 N–H and O–H groups in total. The lowest BCUT2D eigenvalue weighted by Crippen LogP contribution is -1.98. The van der Waals surface area contributed by atoms with Crippen LogP contribution in [0.25, 0.3) is 0 Å². The zero-order chi connectivity index (χ0) is 14.4. The average molecular weight is 363 g/mol. The smallest absolute Gasteiger partial charge is 0.224 e. The Balaban J connectivity index is 0.000000861. The normalized spacial score (nSPS) is 9.58. The fourth-order valence-electron chi connectivity index (χ4n) is 1.29. The second kappa shape index (κ2) is 7.68. The Labute approximate surface area is 131 Å². The number of aromatic nitrogens is 2. The molecular weight excluding hydrogens is 349 g/mol. The molecule has 1 aromatic heterocycles. The standard InChI is InChI=1S/C11H8BrCl2N3.C2H6/c1-6-2-3-7(13)4-9(6)16-10-8(12)5-15-11(14)17-10;1-2/h2-5H,1H3,(H,15,16,17);1-2H3. The summed E-state index contributed by atoms with van der Waals surface area (Å²) in [5.74, 6) is 0.607. The Morgan fingerprint density at radius 2 is 1.89 bits per heavy atom. The molecule has 0 spiro atoms. The summed E-state index contributed by atoms with van der Waals surface area (Å²) in [6.45, 7) is 5.98. The van der Waals surface area contributed by atoms with E-state index in [1.807, 2.05) is 39.0 Å². The molecule has 0 amide bonds. The second-order valence-corrected chi connectivity index (χ2v) is 5.05. The molecule has 0 saturated carbocycles. The van der Waals surface area contributed by atoms with E-state index < -0.39 is 0 Å². The van der Waals surface area contributed by atoms with Gasteiger partial charge in [0, 0.05) is 16.9 Å². The molecule has 19 heavy (non-hydrogen) atoms. The molecule has 0 aliphatic carbocycles. The van der Waals surface area contributed by atoms with Crippen molar-refractivity contribution >= 4 is 50.6 Å². The van der Waals surface area contributed by atoms with Crippen molar-refractivity contribution < 1.29 is 0 Å². The topological polar surface area (TPSA) is 37.8 Å². The van der Waals surface area contributed by atoms with Crippen molar-refractivity contribution in [3.8, 4) is 0 Å². The van der Waals surface area contributed by atoms with Crippen LogP contribution >= 0.6 is 39.1 Å². The van der Waals surface area contributed by atoms with Crippen molar-refractivity contribution in [1.82, 2.24) is 9.97 Å². The SMILES string of the molecule is CC.Cc1ccc(Cl)cc1Nc1nc(Cl)ncc1Br. The van der Waals surface area contributed by atoms with Gasteiger partial charge in [0.15, 0.2) is 0 Å². The zero-order valence-corrected chi connectivity index (χ0v) is 13.9. The van der Waals surface area contributed by atoms with Gasteiger partial charge in [0.2, 0.25) is 5.28 Å². The third-order valence-electron chi connectivity index (χ3n) is 2.17. The lowest BCUT2D eigenvalue weighted by Gasteiger charge is -2.10. The number of nitrogens with one attached hydrogen (secondary N) is 1. The first kappa shape index (κ1) is 16.2. The van der Waals surface area contributed by atoms with Gasteiger partial charge in [-0.25, -0.2) is 4.98 Å². The largest absolute Gasteiger partial charge is 0.339 e. The Bertz CT molecular complexity index is 512. The molecule has 0 atom stereocenters. The Kier molecular flexibility index (Phi) is 6.55. The van der Waals surface area contributed by atoms with E-state index in [4.69, 9.17) is 23.2 Å². The first-order valence-electron chi connectivity index (χ1n) is 5.77. The van der Waals surface area contributed by atoms with Gasteiger partial charge in [0.1, 0.15) is 5.82 Å². The molecule has 2 rings (SSSR count). The minimum absolute atomic E-state index is 0.190. The molecule has 0 saturated heterocycles. The maximum atomic E-state index is 5.94. The third-order valence-corrected chi connectivity index (χ3v) is 3.16. The van der Waals surface area contributed by atoms with Crippen LogP contribution in [0.15, 0.2) is 28.9 Å². The number of aryl methyl sites for hydroxylation is 1. The van der Waals surface area contributed by atoms with Gasteiger partial charge in [0.25, 0.3) is 0 Å². The predicted octanol–water partition coefficient (Wildman–Crippen LogP) is 5.62. The number of nitrogens with zero attached hydrogens (tertiary/aromatic N) is 2. The van der Waals surface area contributed by atoms with Crippen molar-refractivity contribution in [1.29, 1.82) is 0 Å². The van der Waals surface area contributed by atoms with Gasteiger partial charge < -0.3 is 5.32 Å². The molecule has 0 unspecified atom stereocenters. The lowest BCUT2D eigenvalue weighted by atomic mass is 10.2. The summed E-state index contributed by atoms with van der Waals surface area (Å²) in [6.07, 6.45) is 1.59. The average Bonchev–Trinajstić information content (AvgIpc) is 2.40. The van der Waals surface area contributed by atoms with Crippen molar-refractivity contribution in [2.75, 3.05) is 5.32 Å². The molecule has 1 aromatic carbocycles. The van der Waals surface area contributed by atoms with E-state index in [2.05, 4.69) is 31.2 Å². The molecule has 0 aliphatic heterocycles. The Hall–Kier alpha value is -0.840. The summed E-state index contributed by atoms with van der Waals surface area (Å²) < 4.78 is 0.737. The van der Waals surface area contributed by atoms with Gasteiger partial charge in [-0.05, 0) is 52.2 Å². The molecule has 6 heteroatoms. The maximum Gasteiger partial charge on any atom is 0.224 e. The van der Waals surface area contributed by atoms with Crippen LogP contribution in [0.5, 0.6) is 0 Å². The highest BCUT2D eigenvalue weighted by Crippen LogP contribution is 2.27. The van der Waals surface area contributed by atoms with Crippen LogP contribution in [0.1, 0.15) is 19.4 Å². The molecule has 0 bridgehead atoms. The van der Waals surface area contributed by atoms with Gasteiger partial charge in [-0.1, -0.05) is 31.5 Å². The monoisotopic (exact) mass is 361 g/mol. The van der Waals surface area contributed by atoms with Crippen LogP contribution in [0.2, 0.25) is 10.3 Å². The van der Waals surface area contributed by atoms with E-state index >= 15 is 0 Å². The highest BCUT2D eigenvalue weighted by molar-refractivity contribution is 9.10. The van der Waals surface area contributed by atoms with Crippen molar-refractivity contribution in [3.63, 3.8) is 0 Å². The minimum Gasteiger partial charge on any atom is -0.339 e. The van der Waals surface area contributed by atoms with Crippen LogP contribution in [-0.4, -0.2) is 9.97 Å². The van der Waals surface area contributed by atoms with Crippen molar-refractivity contribution in [2.45, 2.75) is 20.8 Å². The van der Waals surface area contributed by atoms with Crippen molar-refractivity contribution in [2.24, 2.45) is 0 Å². The summed E-state index contributed by atoms with van der Waals surface area (Å²) >= 11 is 15.0. The predicted molar refractivity (Wildman–Crippen MR) is 85.6 cm³/mol. The number of benzene rings is 1. The minimum atomic E-state index is 0.190. The molecule has 0 radical (unpaired) electrons. The van der Waals surface area contributed by atoms with Gasteiger partial charge >= 0.3 is 0 Å². The fourth-order valence-corrected chi connectivity index (χ4v) is 1.89. The highest BCUT2D eigenvalue weighted by atomic mass is 79.9. The zero-order valence-electron chi connectivity index (χ0n) is 10.8. The summed E-state index contributed by atoms with van der Waals surface area (Å²) in [7, 11) is 0. The summed E-state index contributed by atoms with van der Waals surface area (Å²) in [4.78, 5) is 7.95. The van der Waals surface area contributed by atoms with E-state index in [1.54, 1.807) is 6.20 Å². The molecular formula is C13H14BrCl2N3. The van der Waals surface area contributed by atoms with E-state index in [1.165, 1.54) is 0 Å². The number of halogens is 3. The van der Waals surface area contributed by atoms with E-state index in [0.717, 1.165) is 15.7 Å². The number of anilines is 2. The van der Waals surface area contributed by atoms with Crippen LogP contribution in [0, 0.1) is 6.92 Å². The quantitative estimate of drug-likeness (QED) is 0.704. The Morgan fingerprint density at radius 3 is 2.58 bits per heavy atom. The molecule has 102 valence electrons. The van der Waals surface area contributed by atoms with Gasteiger partial charge in [-0.15, -0.1) is 0 Å². The lowest BCUT2D eigenvalue weighted by molar-refractivity contribution is 1.15. The van der Waals surface area contributed by atoms with Crippen LogP contribution in [-0.2, 0) is 0 Å². The summed E-state index contributed by atoms with van der Waals surface area (Å²) in [5.41, 5.74) is 1.95. The van der Waals surface area contributed by atoms with E-state index in [0.29, 0.717) is 10.8 Å². The number of hydrogen-bond donors (Lipinski definition) is 1. The highest BCUT2D eigenvalue weighted by Gasteiger charge is 2.06. The van der Waals surface area contributed by atoms with Crippen LogP contribution < -0.4 is 5.32 Å². The van der Waals surface area contributed by atoms with Gasteiger partial charge in [-0.3, -0.25) is 0 Å².